The van der Waals surface area contributed by atoms with Gasteiger partial charge in [0.15, 0.2) is 0 Å². The number of rotatable bonds is 4. The third kappa shape index (κ3) is 2.75. The van der Waals surface area contributed by atoms with Crippen molar-refractivity contribution in [2.45, 2.75) is 19.4 Å². The molecule has 0 saturated carbocycles. The smallest absolute Gasteiger partial charge is 0.340 e. The third-order valence-electron chi connectivity index (χ3n) is 2.63. The lowest BCUT2D eigenvalue weighted by Crippen LogP contribution is -2.10. The van der Waals surface area contributed by atoms with Crippen molar-refractivity contribution in [1.82, 2.24) is 4.98 Å². The van der Waals surface area contributed by atoms with Gasteiger partial charge in [0.25, 0.3) is 0 Å². The van der Waals surface area contributed by atoms with Crippen LogP contribution >= 0.6 is 0 Å². The molecule has 0 amide bonds. The van der Waals surface area contributed by atoms with Gasteiger partial charge in [-0.05, 0) is 18.1 Å². The Morgan fingerprint density at radius 1 is 1.29 bits per heavy atom. The van der Waals surface area contributed by atoms with E-state index in [0.29, 0.717) is 5.56 Å². The molecule has 17 heavy (non-hydrogen) atoms. The number of H-pyrrole nitrogens is 1. The highest BCUT2D eigenvalue weighted by atomic mass is 16.5. The molecular formula is C14H15NO2. The highest BCUT2D eigenvalue weighted by Crippen LogP contribution is 2.21. The maximum Gasteiger partial charge on any atom is 0.340 e. The van der Waals surface area contributed by atoms with Gasteiger partial charge in [-0.3, -0.25) is 0 Å². The molecule has 1 unspecified atom stereocenters. The molecular weight excluding hydrogens is 214 g/mol. The molecule has 2 rings (SSSR count). The number of nitrogens with one attached hydrogen (secondary N) is 1. The second-order valence-corrected chi connectivity index (χ2v) is 3.81. The van der Waals surface area contributed by atoms with Crippen molar-refractivity contribution >= 4 is 5.97 Å². The van der Waals surface area contributed by atoms with Gasteiger partial charge in [0.2, 0.25) is 0 Å². The number of benzene rings is 1. The van der Waals surface area contributed by atoms with Crippen molar-refractivity contribution in [3.8, 4) is 0 Å². The zero-order chi connectivity index (χ0) is 12.1. The molecule has 1 atom stereocenters. The van der Waals surface area contributed by atoms with Crippen LogP contribution in [-0.2, 0) is 4.74 Å². The Bertz CT molecular complexity index is 462. The van der Waals surface area contributed by atoms with Gasteiger partial charge in [-0.1, -0.05) is 37.3 Å². The predicted molar refractivity (Wildman–Crippen MR) is 65.7 cm³/mol. The van der Waals surface area contributed by atoms with E-state index >= 15 is 0 Å². The van der Waals surface area contributed by atoms with Crippen molar-refractivity contribution in [2.75, 3.05) is 0 Å². The maximum absolute atomic E-state index is 11.8. The summed E-state index contributed by atoms with van der Waals surface area (Å²) in [5.41, 5.74) is 1.58. The zero-order valence-electron chi connectivity index (χ0n) is 9.72. The van der Waals surface area contributed by atoms with Crippen molar-refractivity contribution in [2.24, 2.45) is 0 Å². The number of ether oxygens (including phenoxy) is 1. The van der Waals surface area contributed by atoms with Crippen LogP contribution in [0.3, 0.4) is 0 Å². The zero-order valence-corrected chi connectivity index (χ0v) is 9.72. The number of hydrogen-bond donors (Lipinski definition) is 1. The molecule has 1 heterocycles. The predicted octanol–water partition coefficient (Wildman–Crippen LogP) is 3.32. The van der Waals surface area contributed by atoms with Crippen LogP contribution in [0.1, 0.15) is 35.4 Å². The summed E-state index contributed by atoms with van der Waals surface area (Å²) in [4.78, 5) is 14.6. The van der Waals surface area contributed by atoms with Gasteiger partial charge in [0, 0.05) is 12.4 Å². The molecule has 0 radical (unpaired) electrons. The normalized spacial score (nSPS) is 12.1. The van der Waals surface area contributed by atoms with E-state index in [1.54, 1.807) is 18.5 Å². The van der Waals surface area contributed by atoms with Gasteiger partial charge in [-0.15, -0.1) is 0 Å². The van der Waals surface area contributed by atoms with Crippen LogP contribution in [0, 0.1) is 0 Å². The number of hydrogen-bond acceptors (Lipinski definition) is 2. The van der Waals surface area contributed by atoms with E-state index in [1.165, 1.54) is 0 Å². The van der Waals surface area contributed by atoms with Crippen LogP contribution in [0.2, 0.25) is 0 Å². The van der Waals surface area contributed by atoms with Crippen molar-refractivity contribution in [1.29, 1.82) is 0 Å². The standard InChI is InChI=1S/C14H15NO2/c1-2-13(11-6-4-3-5-7-11)17-14(16)12-8-9-15-10-12/h3-10,13,15H,2H2,1H3. The van der Waals surface area contributed by atoms with E-state index in [2.05, 4.69) is 4.98 Å². The SMILES string of the molecule is CCC(OC(=O)c1cc[nH]c1)c1ccccc1. The van der Waals surface area contributed by atoms with Crippen molar-refractivity contribution < 1.29 is 9.53 Å². The van der Waals surface area contributed by atoms with E-state index in [1.807, 2.05) is 37.3 Å². The molecule has 0 aliphatic heterocycles. The Balaban J connectivity index is 2.09. The minimum absolute atomic E-state index is 0.182. The first-order valence-electron chi connectivity index (χ1n) is 5.70. The lowest BCUT2D eigenvalue weighted by atomic mass is 10.1. The van der Waals surface area contributed by atoms with Crippen molar-refractivity contribution in [3.05, 3.63) is 59.9 Å². The van der Waals surface area contributed by atoms with Crippen LogP contribution in [0.15, 0.2) is 48.8 Å². The van der Waals surface area contributed by atoms with Crippen LogP contribution in [-0.4, -0.2) is 11.0 Å². The highest BCUT2D eigenvalue weighted by molar-refractivity contribution is 5.89. The molecule has 1 aromatic heterocycles. The number of carbonyl (C=O) groups is 1. The third-order valence-corrected chi connectivity index (χ3v) is 2.63. The fourth-order valence-corrected chi connectivity index (χ4v) is 1.70. The Kier molecular flexibility index (Phi) is 3.60. The number of carbonyl (C=O) groups excluding carboxylic acids is 1. The van der Waals surface area contributed by atoms with E-state index in [9.17, 15) is 4.79 Å². The van der Waals surface area contributed by atoms with E-state index in [0.717, 1.165) is 12.0 Å². The minimum Gasteiger partial charge on any atom is -0.454 e. The molecule has 0 aliphatic rings. The second-order valence-electron chi connectivity index (χ2n) is 3.81. The summed E-state index contributed by atoms with van der Waals surface area (Å²) >= 11 is 0. The Morgan fingerprint density at radius 2 is 2.06 bits per heavy atom. The van der Waals surface area contributed by atoms with Gasteiger partial charge >= 0.3 is 5.97 Å². The van der Waals surface area contributed by atoms with E-state index in [-0.39, 0.29) is 12.1 Å². The fourth-order valence-electron chi connectivity index (χ4n) is 1.70. The lowest BCUT2D eigenvalue weighted by molar-refractivity contribution is 0.0288. The summed E-state index contributed by atoms with van der Waals surface area (Å²) in [6.45, 7) is 2.00. The van der Waals surface area contributed by atoms with Crippen LogP contribution in [0.4, 0.5) is 0 Å². The summed E-state index contributed by atoms with van der Waals surface area (Å²) in [5.74, 6) is -0.290. The lowest BCUT2D eigenvalue weighted by Gasteiger charge is -2.15. The largest absolute Gasteiger partial charge is 0.454 e. The Labute approximate surface area is 100 Å². The molecule has 3 heteroatoms. The van der Waals surface area contributed by atoms with Gasteiger partial charge < -0.3 is 9.72 Å². The topological polar surface area (TPSA) is 42.1 Å². The first kappa shape index (κ1) is 11.5. The van der Waals surface area contributed by atoms with Gasteiger partial charge in [0.05, 0.1) is 5.56 Å². The maximum atomic E-state index is 11.8. The summed E-state index contributed by atoms with van der Waals surface area (Å²) in [6.07, 6.45) is 3.93. The summed E-state index contributed by atoms with van der Waals surface area (Å²) in [5, 5.41) is 0. The molecule has 1 N–H and O–H groups in total. The number of aromatic amines is 1. The Morgan fingerprint density at radius 3 is 2.65 bits per heavy atom. The molecule has 0 aliphatic carbocycles. The monoisotopic (exact) mass is 229 g/mol. The van der Waals surface area contributed by atoms with Crippen LogP contribution in [0.5, 0.6) is 0 Å². The molecule has 0 bridgehead atoms. The first-order valence-corrected chi connectivity index (χ1v) is 5.70. The molecule has 0 fully saturated rings. The Hall–Kier alpha value is -2.03. The fraction of sp³-hybridized carbons (Fsp3) is 0.214. The van der Waals surface area contributed by atoms with E-state index in [4.69, 9.17) is 4.74 Å². The first-order chi connectivity index (χ1) is 8.31. The van der Waals surface area contributed by atoms with E-state index < -0.39 is 0 Å². The molecule has 3 nitrogen and oxygen atoms in total. The van der Waals surface area contributed by atoms with Crippen LogP contribution < -0.4 is 0 Å². The molecule has 0 saturated heterocycles. The molecule has 2 aromatic rings. The van der Waals surface area contributed by atoms with Gasteiger partial charge in [0.1, 0.15) is 6.10 Å². The summed E-state index contributed by atoms with van der Waals surface area (Å²) in [7, 11) is 0. The highest BCUT2D eigenvalue weighted by Gasteiger charge is 2.16. The molecule has 0 spiro atoms. The summed E-state index contributed by atoms with van der Waals surface area (Å²) in [6, 6.07) is 11.5. The average Bonchev–Trinajstić information content (AvgIpc) is 2.90. The summed E-state index contributed by atoms with van der Waals surface area (Å²) < 4.78 is 5.47. The quantitative estimate of drug-likeness (QED) is 0.817. The van der Waals surface area contributed by atoms with Gasteiger partial charge in [-0.2, -0.15) is 0 Å². The van der Waals surface area contributed by atoms with Gasteiger partial charge in [-0.25, -0.2) is 4.79 Å². The number of aromatic nitrogens is 1. The van der Waals surface area contributed by atoms with Crippen molar-refractivity contribution in [3.63, 3.8) is 0 Å². The molecule has 1 aromatic carbocycles. The number of esters is 1. The molecule has 88 valence electrons. The minimum atomic E-state index is -0.290. The van der Waals surface area contributed by atoms with Crippen LogP contribution in [0.25, 0.3) is 0 Å². The average molecular weight is 229 g/mol. The second kappa shape index (κ2) is 5.34.